The third kappa shape index (κ3) is 3.54. The third-order valence-corrected chi connectivity index (χ3v) is 5.03. The lowest BCUT2D eigenvalue weighted by Gasteiger charge is -2.13. The Bertz CT molecular complexity index is 896. The summed E-state index contributed by atoms with van der Waals surface area (Å²) >= 11 is 5.78. The van der Waals surface area contributed by atoms with Crippen molar-refractivity contribution in [3.05, 3.63) is 56.6 Å². The molecule has 0 aliphatic carbocycles. The predicted molar refractivity (Wildman–Crippen MR) is 86.5 cm³/mol. The second kappa shape index (κ2) is 6.05. The van der Waals surface area contributed by atoms with Crippen molar-refractivity contribution in [1.82, 2.24) is 0 Å². The molecule has 23 heavy (non-hydrogen) atoms. The van der Waals surface area contributed by atoms with Crippen LogP contribution in [-0.2, 0) is 10.0 Å². The van der Waals surface area contributed by atoms with E-state index in [1.807, 2.05) is 0 Å². The Balaban J connectivity index is 2.56. The summed E-state index contributed by atoms with van der Waals surface area (Å²) in [6.45, 7) is 3.13. The standard InChI is InChI=1S/C14H13ClN2O5S/c1-8-5-11(17(19)20)7-14(9(8)2)23(21,22)16-12-6-10(15)3-4-13(12)18/h3-7,16,18H,1-2H3. The van der Waals surface area contributed by atoms with Gasteiger partial charge in [0.05, 0.1) is 15.5 Å². The van der Waals surface area contributed by atoms with Crippen LogP contribution in [0.25, 0.3) is 0 Å². The van der Waals surface area contributed by atoms with Gasteiger partial charge in [0.2, 0.25) is 0 Å². The molecule has 7 nitrogen and oxygen atoms in total. The topological polar surface area (TPSA) is 110 Å². The smallest absolute Gasteiger partial charge is 0.271 e. The molecule has 9 heteroatoms. The summed E-state index contributed by atoms with van der Waals surface area (Å²) in [7, 11) is -4.13. The Kier molecular flexibility index (Phi) is 4.49. The molecule has 2 aromatic carbocycles. The molecule has 0 unspecified atom stereocenters. The van der Waals surface area contributed by atoms with E-state index in [-0.39, 0.29) is 27.0 Å². The number of rotatable bonds is 4. The number of phenolic OH excluding ortho intramolecular Hbond substituents is 1. The largest absolute Gasteiger partial charge is 0.506 e. The van der Waals surface area contributed by atoms with Gasteiger partial charge in [0.1, 0.15) is 5.75 Å². The Labute approximate surface area is 137 Å². The minimum atomic E-state index is -4.13. The fourth-order valence-corrected chi connectivity index (χ4v) is 3.56. The monoisotopic (exact) mass is 356 g/mol. The maximum Gasteiger partial charge on any atom is 0.271 e. The van der Waals surface area contributed by atoms with E-state index < -0.39 is 14.9 Å². The van der Waals surface area contributed by atoms with Gasteiger partial charge in [-0.1, -0.05) is 11.6 Å². The van der Waals surface area contributed by atoms with E-state index in [1.54, 1.807) is 13.8 Å². The van der Waals surface area contributed by atoms with Crippen molar-refractivity contribution in [2.45, 2.75) is 18.7 Å². The zero-order chi connectivity index (χ0) is 17.4. The van der Waals surface area contributed by atoms with Crippen LogP contribution in [0.3, 0.4) is 0 Å². The normalized spacial score (nSPS) is 11.3. The highest BCUT2D eigenvalue weighted by Gasteiger charge is 2.23. The lowest BCUT2D eigenvalue weighted by molar-refractivity contribution is -0.385. The number of hydrogen-bond donors (Lipinski definition) is 2. The number of aryl methyl sites for hydroxylation is 1. The van der Waals surface area contributed by atoms with E-state index in [0.717, 1.165) is 6.07 Å². The number of hydrogen-bond acceptors (Lipinski definition) is 5. The number of phenols is 1. The average molecular weight is 357 g/mol. The van der Waals surface area contributed by atoms with Gasteiger partial charge < -0.3 is 5.11 Å². The molecule has 0 amide bonds. The van der Waals surface area contributed by atoms with E-state index in [0.29, 0.717) is 11.1 Å². The molecule has 122 valence electrons. The van der Waals surface area contributed by atoms with Crippen LogP contribution in [0.15, 0.2) is 35.2 Å². The predicted octanol–water partition coefficient (Wildman–Crippen LogP) is 3.37. The maximum absolute atomic E-state index is 12.5. The van der Waals surface area contributed by atoms with Gasteiger partial charge in [0.25, 0.3) is 15.7 Å². The number of halogens is 1. The highest BCUT2D eigenvalue weighted by Crippen LogP contribution is 2.31. The van der Waals surface area contributed by atoms with Crippen LogP contribution in [0.4, 0.5) is 11.4 Å². The molecule has 0 fully saturated rings. The molecule has 2 N–H and O–H groups in total. The Morgan fingerprint density at radius 2 is 1.87 bits per heavy atom. The fourth-order valence-electron chi connectivity index (χ4n) is 1.98. The second-order valence-corrected chi connectivity index (χ2v) is 7.00. The van der Waals surface area contributed by atoms with Crippen molar-refractivity contribution in [3.63, 3.8) is 0 Å². The lowest BCUT2D eigenvalue weighted by atomic mass is 10.1. The minimum Gasteiger partial charge on any atom is -0.506 e. The number of nitro benzene ring substituents is 1. The van der Waals surface area contributed by atoms with E-state index in [1.165, 1.54) is 24.3 Å². The molecule has 0 aliphatic heterocycles. The van der Waals surface area contributed by atoms with Gasteiger partial charge in [-0.05, 0) is 43.2 Å². The summed E-state index contributed by atoms with van der Waals surface area (Å²) in [5.74, 6) is -0.308. The molecular weight excluding hydrogens is 344 g/mol. The summed E-state index contributed by atoms with van der Waals surface area (Å²) in [5.41, 5.74) is 0.407. The van der Waals surface area contributed by atoms with Crippen LogP contribution < -0.4 is 4.72 Å². The highest BCUT2D eigenvalue weighted by molar-refractivity contribution is 7.92. The molecule has 0 aromatic heterocycles. The number of benzene rings is 2. The molecule has 0 atom stereocenters. The summed E-state index contributed by atoms with van der Waals surface area (Å²) in [6, 6.07) is 6.16. The molecule has 0 saturated carbocycles. The van der Waals surface area contributed by atoms with Crippen LogP contribution >= 0.6 is 11.6 Å². The summed E-state index contributed by atoms with van der Waals surface area (Å²) in [4.78, 5) is 10.0. The molecule has 0 bridgehead atoms. The van der Waals surface area contributed by atoms with Crippen molar-refractivity contribution in [2.24, 2.45) is 0 Å². The van der Waals surface area contributed by atoms with E-state index >= 15 is 0 Å². The van der Waals surface area contributed by atoms with Crippen molar-refractivity contribution < 1.29 is 18.4 Å². The Hall–Kier alpha value is -2.32. The van der Waals surface area contributed by atoms with E-state index in [2.05, 4.69) is 4.72 Å². The zero-order valence-electron chi connectivity index (χ0n) is 12.2. The lowest BCUT2D eigenvalue weighted by Crippen LogP contribution is -2.15. The first kappa shape index (κ1) is 17.0. The van der Waals surface area contributed by atoms with Gasteiger partial charge in [-0.25, -0.2) is 8.42 Å². The maximum atomic E-state index is 12.5. The van der Waals surface area contributed by atoms with Crippen molar-refractivity contribution >= 4 is 33.0 Å². The molecule has 0 radical (unpaired) electrons. The highest BCUT2D eigenvalue weighted by atomic mass is 35.5. The van der Waals surface area contributed by atoms with Gasteiger partial charge in [-0.15, -0.1) is 0 Å². The summed E-state index contributed by atoms with van der Waals surface area (Å²) in [6.07, 6.45) is 0. The number of aromatic hydroxyl groups is 1. The average Bonchev–Trinajstić information content (AvgIpc) is 2.44. The molecule has 2 aromatic rings. The molecular formula is C14H13ClN2O5S. The molecule has 0 heterocycles. The fraction of sp³-hybridized carbons (Fsp3) is 0.143. The minimum absolute atomic E-state index is 0.110. The molecule has 0 spiro atoms. The third-order valence-electron chi connectivity index (χ3n) is 3.31. The number of sulfonamides is 1. The van der Waals surface area contributed by atoms with Gasteiger partial charge in [-0.2, -0.15) is 0 Å². The second-order valence-electron chi connectivity index (χ2n) is 4.91. The summed E-state index contributed by atoms with van der Waals surface area (Å²) in [5, 5.41) is 20.9. The van der Waals surface area contributed by atoms with E-state index in [9.17, 15) is 23.6 Å². The Morgan fingerprint density at radius 3 is 2.48 bits per heavy atom. The first-order chi connectivity index (χ1) is 10.6. The number of nitrogens with zero attached hydrogens (tertiary/aromatic N) is 1. The molecule has 0 saturated heterocycles. The van der Waals surface area contributed by atoms with Gasteiger partial charge in [-0.3, -0.25) is 14.8 Å². The number of nitrogens with one attached hydrogen (secondary N) is 1. The van der Waals surface area contributed by atoms with Crippen LogP contribution in [0.5, 0.6) is 5.75 Å². The first-order valence-electron chi connectivity index (χ1n) is 6.39. The Morgan fingerprint density at radius 1 is 1.22 bits per heavy atom. The van der Waals surface area contributed by atoms with Gasteiger partial charge in [0.15, 0.2) is 0 Å². The van der Waals surface area contributed by atoms with Gasteiger partial charge in [0, 0.05) is 17.2 Å². The van der Waals surface area contributed by atoms with Crippen LogP contribution in [0, 0.1) is 24.0 Å². The van der Waals surface area contributed by atoms with Crippen molar-refractivity contribution in [2.75, 3.05) is 4.72 Å². The number of nitro groups is 1. The quantitative estimate of drug-likeness (QED) is 0.495. The van der Waals surface area contributed by atoms with E-state index in [4.69, 9.17) is 11.6 Å². The molecule has 2 rings (SSSR count). The van der Waals surface area contributed by atoms with Crippen molar-refractivity contribution in [3.8, 4) is 5.75 Å². The zero-order valence-corrected chi connectivity index (χ0v) is 13.8. The van der Waals surface area contributed by atoms with Crippen LogP contribution in [-0.4, -0.2) is 18.4 Å². The summed E-state index contributed by atoms with van der Waals surface area (Å²) < 4.78 is 27.2. The van der Waals surface area contributed by atoms with Crippen molar-refractivity contribution in [1.29, 1.82) is 0 Å². The van der Waals surface area contributed by atoms with Crippen LogP contribution in [0.1, 0.15) is 11.1 Å². The number of anilines is 1. The first-order valence-corrected chi connectivity index (χ1v) is 8.25. The molecule has 0 aliphatic rings. The number of non-ortho nitro benzene ring substituents is 1. The SMILES string of the molecule is Cc1cc([N+](=O)[O-])cc(S(=O)(=O)Nc2cc(Cl)ccc2O)c1C. The van der Waals surface area contributed by atoms with Gasteiger partial charge >= 0.3 is 0 Å². The van der Waals surface area contributed by atoms with Crippen LogP contribution in [0.2, 0.25) is 5.02 Å².